The third-order valence-corrected chi connectivity index (χ3v) is 20.4. The fourth-order valence-corrected chi connectivity index (χ4v) is 14.5. The second kappa shape index (κ2) is 19.0. The lowest BCUT2D eigenvalue weighted by Gasteiger charge is -2.30. The van der Waals surface area contributed by atoms with E-state index in [1.807, 2.05) is 0 Å². The molecule has 0 aliphatic heterocycles. The van der Waals surface area contributed by atoms with Gasteiger partial charge in [0.1, 0.15) is 141 Å². The van der Waals surface area contributed by atoms with Gasteiger partial charge in [0.25, 0.3) is 0 Å². The van der Waals surface area contributed by atoms with E-state index in [9.17, 15) is 0 Å². The van der Waals surface area contributed by atoms with Crippen molar-refractivity contribution in [3.8, 4) is 55.6 Å². The Labute approximate surface area is 478 Å². The van der Waals surface area contributed by atoms with Crippen molar-refractivity contribution < 1.29 is 0 Å². The fraction of sp³-hybridized carbons (Fsp3) is 0. The highest BCUT2D eigenvalue weighted by Gasteiger charge is 2.28. The Balaban J connectivity index is 1.08. The van der Waals surface area contributed by atoms with E-state index in [0.29, 0.717) is 0 Å². The summed E-state index contributed by atoms with van der Waals surface area (Å²) in [7, 11) is 42.1. The van der Waals surface area contributed by atoms with E-state index in [0.717, 1.165) is 0 Å². The molecular weight excluding hydrogens is 915 g/mol. The largest absolute Gasteiger partial charge is 0.139 e. The number of rotatable bonds is 5. The van der Waals surface area contributed by atoms with Crippen LogP contribution in [0.2, 0.25) is 0 Å². The summed E-state index contributed by atoms with van der Waals surface area (Å²) in [4.78, 5) is 0. The Morgan fingerprint density at radius 1 is 0.179 bits per heavy atom. The van der Waals surface area contributed by atoms with Crippen LogP contribution in [-0.4, -0.2) is 141 Å². The van der Waals surface area contributed by atoms with E-state index in [-0.39, 0.29) is 0 Å². The first-order valence-electron chi connectivity index (χ1n) is 28.4. The first kappa shape index (κ1) is 52.1. The van der Waals surface area contributed by atoms with Gasteiger partial charge in [-0.05, 0) is 132 Å². The average molecular weight is 972 g/mol. The fourth-order valence-electron chi connectivity index (χ4n) is 14.5. The minimum atomic E-state index is 1.24. The first-order valence-corrected chi connectivity index (χ1v) is 28.4. The van der Waals surface area contributed by atoms with Crippen LogP contribution in [0.5, 0.6) is 0 Å². The van der Waals surface area contributed by atoms with Gasteiger partial charge in [0.05, 0.1) is 0 Å². The summed E-state index contributed by atoms with van der Waals surface area (Å²) in [5.74, 6) is 0. The van der Waals surface area contributed by atoms with Crippen LogP contribution in [0.4, 0.5) is 0 Å². The molecule has 18 heteroatoms. The second-order valence-corrected chi connectivity index (χ2v) is 23.6. The first-order chi connectivity index (χ1) is 37.3. The molecule has 0 nitrogen and oxygen atoms in total. The van der Waals surface area contributed by atoms with Crippen LogP contribution in [0.3, 0.4) is 0 Å². The normalized spacial score (nSPS) is 11.7. The van der Waals surface area contributed by atoms with Gasteiger partial charge in [-0.2, -0.15) is 0 Å². The van der Waals surface area contributed by atoms with E-state index in [4.69, 9.17) is 0 Å². The van der Waals surface area contributed by atoms with Gasteiger partial charge in [0.15, 0.2) is 0 Å². The summed E-state index contributed by atoms with van der Waals surface area (Å²) in [5.41, 5.74) is 38.2. The predicted molar refractivity (Wildman–Crippen MR) is 406 cm³/mol. The van der Waals surface area contributed by atoms with Gasteiger partial charge in [-0.1, -0.05) is 153 Å². The Kier molecular flexibility index (Phi) is 12.7. The average Bonchev–Trinajstić information content (AvgIpc) is 3.65. The Morgan fingerprint density at radius 3 is 0.821 bits per heavy atom. The maximum absolute atomic E-state index is 2.50. The second-order valence-electron chi connectivity index (χ2n) is 23.6. The minimum absolute atomic E-state index is 1.24. The van der Waals surface area contributed by atoms with Crippen molar-refractivity contribution in [3.05, 3.63) is 121 Å². The molecule has 12 rings (SSSR count). The predicted octanol–water partition coefficient (Wildman–Crippen LogP) is -14.4. The highest BCUT2D eigenvalue weighted by molar-refractivity contribution is 6.74. The van der Waals surface area contributed by atoms with Crippen molar-refractivity contribution in [2.24, 2.45) is 0 Å². The zero-order valence-electron chi connectivity index (χ0n) is 49.5. The Hall–Kier alpha value is -6.63. The van der Waals surface area contributed by atoms with Crippen molar-refractivity contribution in [1.82, 2.24) is 0 Å². The summed E-state index contributed by atoms with van der Waals surface area (Å²) in [6, 6.07) is 46.6. The van der Waals surface area contributed by atoms with Crippen molar-refractivity contribution in [1.29, 1.82) is 0 Å². The monoisotopic (exact) mass is 975 g/mol. The summed E-state index contributed by atoms with van der Waals surface area (Å²) in [6.07, 6.45) is 0. The van der Waals surface area contributed by atoms with Gasteiger partial charge in [-0.15, -0.1) is 54.6 Å². The van der Waals surface area contributed by atoms with Gasteiger partial charge < -0.3 is 0 Å². The molecule has 0 heterocycles. The zero-order chi connectivity index (χ0) is 55.2. The molecule has 0 spiro atoms. The van der Waals surface area contributed by atoms with Crippen molar-refractivity contribution in [2.75, 3.05) is 0 Å². The standard InChI is InChI=1S/C60H56B18/c61-43-37-34(38-40(46(64)54(72)52(70)44(38)62)36(39(37)45(63)53(71)51(43)69)42-49(67)57(75)60(78)58(76)50(42)68)24-16-18-26-22(20-24)8-6-14-28(26)27-13-5-7-21-19-23(15-17-25(21)27)33-29-9-1-3-11-31(29)35(32-12-4-2-10-30(32)33)41-47(65)55(73)59(77)56(74)48(41)66/h1-20H,61-78H2. The lowest BCUT2D eigenvalue weighted by molar-refractivity contribution is 1.67. The third-order valence-electron chi connectivity index (χ3n) is 20.4. The number of benzene rings is 12. The number of hydrogen-bond acceptors (Lipinski definition) is 0. The highest BCUT2D eigenvalue weighted by Crippen LogP contribution is 2.45. The van der Waals surface area contributed by atoms with Crippen LogP contribution in [0.25, 0.3) is 120 Å². The molecule has 0 N–H and O–H groups in total. The summed E-state index contributed by atoms with van der Waals surface area (Å²) in [5, 5.41) is 15.8. The lowest BCUT2D eigenvalue weighted by Crippen LogP contribution is -2.55. The molecule has 0 bridgehead atoms. The van der Waals surface area contributed by atoms with E-state index >= 15 is 0 Å². The molecule has 0 radical (unpaired) electrons. The summed E-state index contributed by atoms with van der Waals surface area (Å²) in [6.45, 7) is 0. The van der Waals surface area contributed by atoms with Crippen molar-refractivity contribution in [3.63, 3.8) is 0 Å². The molecule has 0 unspecified atom stereocenters. The van der Waals surface area contributed by atoms with Gasteiger partial charge in [0, 0.05) is 0 Å². The van der Waals surface area contributed by atoms with E-state index in [2.05, 4.69) is 263 Å². The molecule has 0 aliphatic rings. The maximum atomic E-state index is 2.50. The van der Waals surface area contributed by atoms with E-state index < -0.39 is 0 Å². The van der Waals surface area contributed by atoms with Crippen LogP contribution in [0.15, 0.2) is 121 Å². The molecule has 0 aliphatic carbocycles. The number of fused-ring (bicyclic) bond motifs is 6. The zero-order valence-corrected chi connectivity index (χ0v) is 49.5. The SMILES string of the molecule is Bc1c(B)c(B)c(-c2c3ccccc3c(-c3ccc4c(-c5cccc6cc(-c7c8c(B)c(B)c(B)c(B)c8c(-c8c(B)c(B)c(B)c(B)c8B)c8c(B)c(B)c(B)c(B)c78)ccc56)cccc4c3)c3ccccc23)c(B)c1B. The van der Waals surface area contributed by atoms with E-state index in [1.54, 1.807) is 0 Å². The van der Waals surface area contributed by atoms with Crippen LogP contribution in [0, 0.1) is 0 Å². The van der Waals surface area contributed by atoms with Crippen LogP contribution >= 0.6 is 0 Å². The summed E-state index contributed by atoms with van der Waals surface area (Å²) >= 11 is 0. The molecule has 0 saturated carbocycles. The minimum Gasteiger partial charge on any atom is -0.102 e. The van der Waals surface area contributed by atoms with Gasteiger partial charge in [-0.3, -0.25) is 0 Å². The van der Waals surface area contributed by atoms with E-state index in [1.165, 1.54) is 219 Å². The molecular formula is C60H56B18. The van der Waals surface area contributed by atoms with Crippen molar-refractivity contribution >= 4 is 304 Å². The third kappa shape index (κ3) is 7.40. The molecule has 12 aromatic rings. The van der Waals surface area contributed by atoms with Gasteiger partial charge in [0.2, 0.25) is 0 Å². The van der Waals surface area contributed by atoms with Crippen LogP contribution in [0.1, 0.15) is 0 Å². The van der Waals surface area contributed by atoms with Crippen LogP contribution < -0.4 is 98.3 Å². The molecule has 12 aromatic carbocycles. The lowest BCUT2D eigenvalue weighted by atomic mass is 9.56. The van der Waals surface area contributed by atoms with Gasteiger partial charge >= 0.3 is 0 Å². The maximum Gasteiger partial charge on any atom is 0.139 e. The smallest absolute Gasteiger partial charge is 0.102 e. The molecule has 0 amide bonds. The number of hydrogen-bond donors (Lipinski definition) is 0. The topological polar surface area (TPSA) is 0 Å². The highest BCUT2D eigenvalue weighted by atomic mass is 14.3. The molecule has 0 fully saturated rings. The van der Waals surface area contributed by atoms with Crippen molar-refractivity contribution in [2.45, 2.75) is 0 Å². The quantitative estimate of drug-likeness (QED) is 0.119. The molecule has 0 saturated heterocycles. The molecule has 0 atom stereocenters. The molecule has 350 valence electrons. The molecule has 78 heavy (non-hydrogen) atoms. The summed E-state index contributed by atoms with van der Waals surface area (Å²) < 4.78 is 0. The Morgan fingerprint density at radius 2 is 0.462 bits per heavy atom. The molecule has 0 aromatic heterocycles. The van der Waals surface area contributed by atoms with Gasteiger partial charge in [-0.25, -0.2) is 0 Å². The Bertz CT molecular complexity index is 4520. The van der Waals surface area contributed by atoms with Crippen LogP contribution in [-0.2, 0) is 0 Å².